The predicted molar refractivity (Wildman–Crippen MR) is 75.4 cm³/mol. The molecule has 0 radical (unpaired) electrons. The number of aryl methyl sites for hydroxylation is 2. The first-order valence-corrected chi connectivity index (χ1v) is 6.72. The molecule has 1 aromatic carbocycles. The van der Waals surface area contributed by atoms with E-state index in [0.717, 1.165) is 33.5 Å². The largest absolute Gasteiger partial charge is 0.454 e. The van der Waals surface area contributed by atoms with Crippen molar-refractivity contribution in [2.45, 2.75) is 13.8 Å². The fourth-order valence-corrected chi connectivity index (χ4v) is 2.40. The molecular weight excluding hydrogens is 262 g/mol. The van der Waals surface area contributed by atoms with Crippen molar-refractivity contribution in [3.63, 3.8) is 0 Å². The van der Waals surface area contributed by atoms with Gasteiger partial charge in [-0.2, -0.15) is 5.10 Å². The molecule has 0 spiro atoms. The number of thiazole rings is 1. The first-order valence-electron chi connectivity index (χ1n) is 5.84. The van der Waals surface area contributed by atoms with Crippen LogP contribution in [0, 0.1) is 13.8 Å². The van der Waals surface area contributed by atoms with Crippen molar-refractivity contribution < 1.29 is 9.47 Å². The van der Waals surface area contributed by atoms with Crippen LogP contribution < -0.4 is 14.9 Å². The summed E-state index contributed by atoms with van der Waals surface area (Å²) in [6.45, 7) is 4.25. The Morgan fingerprint density at radius 1 is 1.32 bits per heavy atom. The van der Waals surface area contributed by atoms with E-state index < -0.39 is 0 Å². The van der Waals surface area contributed by atoms with Crippen molar-refractivity contribution in [1.82, 2.24) is 4.98 Å². The molecule has 0 atom stereocenters. The van der Waals surface area contributed by atoms with Gasteiger partial charge in [0.2, 0.25) is 11.9 Å². The van der Waals surface area contributed by atoms with Crippen LogP contribution in [0.5, 0.6) is 11.5 Å². The molecular formula is C13H13N3O2S. The van der Waals surface area contributed by atoms with Gasteiger partial charge in [0, 0.05) is 10.9 Å². The monoisotopic (exact) mass is 275 g/mol. The van der Waals surface area contributed by atoms with Crippen LogP contribution in [0.1, 0.15) is 16.8 Å². The number of hydrogen-bond donors (Lipinski definition) is 1. The van der Waals surface area contributed by atoms with E-state index in [1.807, 2.05) is 31.4 Å². The molecule has 98 valence electrons. The topological polar surface area (TPSA) is 55.7 Å². The Kier molecular flexibility index (Phi) is 3.08. The average molecular weight is 275 g/mol. The smallest absolute Gasteiger partial charge is 0.231 e. The lowest BCUT2D eigenvalue weighted by molar-refractivity contribution is 0.174. The minimum absolute atomic E-state index is 0.284. The average Bonchev–Trinajstić information content (AvgIpc) is 2.98. The van der Waals surface area contributed by atoms with E-state index in [4.69, 9.17) is 9.47 Å². The zero-order chi connectivity index (χ0) is 13.2. The molecule has 19 heavy (non-hydrogen) atoms. The van der Waals surface area contributed by atoms with Gasteiger partial charge in [0.25, 0.3) is 0 Å². The number of hydrogen-bond acceptors (Lipinski definition) is 6. The highest BCUT2D eigenvalue weighted by Crippen LogP contribution is 2.34. The Balaban J connectivity index is 1.76. The van der Waals surface area contributed by atoms with Gasteiger partial charge in [-0.05, 0) is 31.5 Å². The van der Waals surface area contributed by atoms with E-state index in [2.05, 4.69) is 15.5 Å². The molecule has 1 aliphatic heterocycles. The van der Waals surface area contributed by atoms with Gasteiger partial charge in [-0.1, -0.05) is 0 Å². The first-order chi connectivity index (χ1) is 9.22. The van der Waals surface area contributed by atoms with Crippen molar-refractivity contribution in [3.8, 4) is 11.5 Å². The molecule has 2 aromatic rings. The highest BCUT2D eigenvalue weighted by Gasteiger charge is 2.14. The van der Waals surface area contributed by atoms with Crippen molar-refractivity contribution in [2.75, 3.05) is 12.2 Å². The van der Waals surface area contributed by atoms with E-state index in [0.29, 0.717) is 0 Å². The maximum absolute atomic E-state index is 5.35. The summed E-state index contributed by atoms with van der Waals surface area (Å²) >= 11 is 1.53. The Bertz CT molecular complexity index is 637. The van der Waals surface area contributed by atoms with Crippen molar-refractivity contribution in [2.24, 2.45) is 5.10 Å². The lowest BCUT2D eigenvalue weighted by atomic mass is 10.1. The Labute approximate surface area is 114 Å². The molecule has 0 unspecified atom stereocenters. The molecule has 0 fully saturated rings. The molecule has 1 aromatic heterocycles. The van der Waals surface area contributed by atoms with Crippen LogP contribution in [0.4, 0.5) is 5.13 Å². The number of anilines is 1. The number of benzene rings is 1. The number of nitrogens with zero attached hydrogens (tertiary/aromatic N) is 2. The van der Waals surface area contributed by atoms with Gasteiger partial charge in [-0.15, -0.1) is 11.3 Å². The molecule has 5 nitrogen and oxygen atoms in total. The number of rotatable bonds is 3. The Hall–Kier alpha value is -2.08. The van der Waals surface area contributed by atoms with E-state index >= 15 is 0 Å². The molecule has 0 saturated heterocycles. The molecule has 1 N–H and O–H groups in total. The van der Waals surface area contributed by atoms with Crippen LogP contribution in [0.15, 0.2) is 22.6 Å². The van der Waals surface area contributed by atoms with E-state index in [1.165, 1.54) is 11.3 Å². The van der Waals surface area contributed by atoms with Gasteiger partial charge in [0.15, 0.2) is 11.5 Å². The van der Waals surface area contributed by atoms with Crippen LogP contribution in [-0.2, 0) is 0 Å². The number of ether oxygens (including phenoxy) is 2. The molecule has 1 aliphatic rings. The van der Waals surface area contributed by atoms with Crippen LogP contribution in [-0.4, -0.2) is 18.0 Å². The number of fused-ring (bicyclic) bond motifs is 1. The third-order valence-electron chi connectivity index (χ3n) is 2.74. The lowest BCUT2D eigenvalue weighted by Crippen LogP contribution is -1.93. The zero-order valence-electron chi connectivity index (χ0n) is 10.6. The molecule has 6 heteroatoms. The van der Waals surface area contributed by atoms with Gasteiger partial charge >= 0.3 is 0 Å². The maximum Gasteiger partial charge on any atom is 0.231 e. The molecule has 0 saturated carbocycles. The third-order valence-corrected chi connectivity index (χ3v) is 3.61. The second-order valence-corrected chi connectivity index (χ2v) is 5.08. The fourth-order valence-electron chi connectivity index (χ4n) is 1.76. The van der Waals surface area contributed by atoms with Crippen molar-refractivity contribution in [1.29, 1.82) is 0 Å². The Morgan fingerprint density at radius 3 is 2.84 bits per heavy atom. The zero-order valence-corrected chi connectivity index (χ0v) is 11.5. The van der Waals surface area contributed by atoms with Crippen molar-refractivity contribution in [3.05, 3.63) is 34.3 Å². The van der Waals surface area contributed by atoms with Crippen LogP contribution in [0.2, 0.25) is 0 Å². The van der Waals surface area contributed by atoms with Gasteiger partial charge in [0.1, 0.15) is 0 Å². The summed E-state index contributed by atoms with van der Waals surface area (Å²) in [6, 6.07) is 3.88. The number of aromatic nitrogens is 1. The third kappa shape index (κ3) is 2.53. The molecule has 0 amide bonds. The molecule has 0 aliphatic carbocycles. The predicted octanol–water partition coefficient (Wildman–Crippen LogP) is 2.93. The van der Waals surface area contributed by atoms with E-state index in [1.54, 1.807) is 6.21 Å². The van der Waals surface area contributed by atoms with Crippen LogP contribution >= 0.6 is 11.3 Å². The second-order valence-electron chi connectivity index (χ2n) is 4.23. The summed E-state index contributed by atoms with van der Waals surface area (Å²) in [5, 5.41) is 6.95. The van der Waals surface area contributed by atoms with E-state index in [-0.39, 0.29) is 6.79 Å². The quantitative estimate of drug-likeness (QED) is 0.691. The first kappa shape index (κ1) is 12.0. The second kappa shape index (κ2) is 4.89. The summed E-state index contributed by atoms with van der Waals surface area (Å²) in [5.41, 5.74) is 5.98. The fraction of sp³-hybridized carbons (Fsp3) is 0.231. The van der Waals surface area contributed by atoms with Gasteiger partial charge in [0.05, 0.1) is 11.9 Å². The lowest BCUT2D eigenvalue weighted by Gasteiger charge is -2.02. The Morgan fingerprint density at radius 2 is 2.11 bits per heavy atom. The standard InChI is InChI=1S/C13H13N3O2S/c1-8-3-11-12(18-7-17-11)4-10(8)5-14-16-13-15-9(2)6-19-13/h3-6H,7H2,1-2H3,(H,15,16). The minimum Gasteiger partial charge on any atom is -0.454 e. The van der Waals surface area contributed by atoms with Crippen LogP contribution in [0.3, 0.4) is 0 Å². The summed E-state index contributed by atoms with van der Waals surface area (Å²) in [7, 11) is 0. The minimum atomic E-state index is 0.284. The summed E-state index contributed by atoms with van der Waals surface area (Å²) in [6.07, 6.45) is 1.76. The van der Waals surface area contributed by atoms with Gasteiger partial charge in [-0.3, -0.25) is 5.43 Å². The number of nitrogens with one attached hydrogen (secondary N) is 1. The van der Waals surface area contributed by atoms with Crippen LogP contribution in [0.25, 0.3) is 0 Å². The molecule has 2 heterocycles. The normalized spacial score (nSPS) is 13.2. The number of hydrazone groups is 1. The van der Waals surface area contributed by atoms with Crippen molar-refractivity contribution >= 4 is 22.7 Å². The van der Waals surface area contributed by atoms with E-state index in [9.17, 15) is 0 Å². The SMILES string of the molecule is Cc1csc(NN=Cc2cc3c(cc2C)OCO3)n1. The summed E-state index contributed by atoms with van der Waals surface area (Å²) in [5.74, 6) is 1.55. The maximum atomic E-state index is 5.35. The highest BCUT2D eigenvalue weighted by atomic mass is 32.1. The molecule has 0 bridgehead atoms. The summed E-state index contributed by atoms with van der Waals surface area (Å²) < 4.78 is 10.7. The summed E-state index contributed by atoms with van der Waals surface area (Å²) in [4.78, 5) is 4.27. The van der Waals surface area contributed by atoms with Gasteiger partial charge in [-0.25, -0.2) is 4.98 Å². The molecule has 3 rings (SSSR count). The van der Waals surface area contributed by atoms with Gasteiger partial charge < -0.3 is 9.47 Å². The highest BCUT2D eigenvalue weighted by molar-refractivity contribution is 7.13.